The van der Waals surface area contributed by atoms with Gasteiger partial charge in [0.05, 0.1) is 0 Å². The zero-order valence-corrected chi connectivity index (χ0v) is 16.2. The van der Waals surface area contributed by atoms with E-state index in [1.54, 1.807) is 0 Å². The van der Waals surface area contributed by atoms with Gasteiger partial charge in [0.2, 0.25) is 0 Å². The molecule has 0 N–H and O–H groups in total. The largest absolute Gasteiger partial charge is 1.00 e. The van der Waals surface area contributed by atoms with Crippen molar-refractivity contribution in [1.29, 1.82) is 0 Å². The monoisotopic (exact) mass is 456 g/mol. The van der Waals surface area contributed by atoms with E-state index in [9.17, 15) is 0 Å². The summed E-state index contributed by atoms with van der Waals surface area (Å²) in [5.74, 6) is 1.83. The van der Waals surface area contributed by atoms with Crippen molar-refractivity contribution in [3.8, 4) is 11.8 Å². The Morgan fingerprint density at radius 3 is 2.38 bits per heavy atom. The summed E-state index contributed by atoms with van der Waals surface area (Å²) in [4.78, 5) is 0. The summed E-state index contributed by atoms with van der Waals surface area (Å²) >= 11 is 0. The fraction of sp³-hybridized carbons (Fsp3) is 0.286. The molecule has 2 aliphatic heterocycles. The molecule has 0 amide bonds. The van der Waals surface area contributed by atoms with Gasteiger partial charge in [-0.05, 0) is 11.1 Å². The standard InChI is InChI=1S/C21H17N2O2.HI/c1-3-7-14-12(5-1)9-16-18(14)22-11-23-19-15-8-4-2-6-13(15)10-17(19)25-21(23)20(22)24-16;/h1-8,11,16-19H,9-10H2;1H/q+1;/p-1/t16-,17-,18+,19+;/m0./s1. The predicted molar refractivity (Wildman–Crippen MR) is 90.0 cm³/mol. The lowest BCUT2D eigenvalue weighted by Crippen LogP contribution is -3.00. The lowest BCUT2D eigenvalue weighted by atomic mass is 10.1. The molecule has 5 heteroatoms. The topological polar surface area (TPSA) is 27.3 Å². The highest BCUT2D eigenvalue weighted by atomic mass is 127. The van der Waals surface area contributed by atoms with Gasteiger partial charge in [0, 0.05) is 24.0 Å². The third-order valence-electron chi connectivity index (χ3n) is 6.32. The molecule has 0 radical (unpaired) electrons. The van der Waals surface area contributed by atoms with E-state index in [4.69, 9.17) is 9.47 Å². The van der Waals surface area contributed by atoms with E-state index < -0.39 is 0 Å². The molecule has 3 aromatic rings. The summed E-state index contributed by atoms with van der Waals surface area (Å²) in [6.07, 6.45) is 4.60. The van der Waals surface area contributed by atoms with E-state index in [0.717, 1.165) is 24.6 Å². The average Bonchev–Trinajstić information content (AvgIpc) is 3.36. The highest BCUT2D eigenvalue weighted by Crippen LogP contribution is 2.50. The van der Waals surface area contributed by atoms with E-state index >= 15 is 0 Å². The Kier molecular flexibility index (Phi) is 2.92. The Labute approximate surface area is 168 Å². The number of hydrogen-bond acceptors (Lipinski definition) is 2. The van der Waals surface area contributed by atoms with Crippen LogP contribution in [0.2, 0.25) is 0 Å². The molecule has 130 valence electrons. The Bertz CT molecular complexity index is 978. The van der Waals surface area contributed by atoms with Crippen LogP contribution < -0.4 is 38.0 Å². The van der Waals surface area contributed by atoms with Crippen molar-refractivity contribution >= 4 is 0 Å². The first-order valence-electron chi connectivity index (χ1n) is 9.03. The molecule has 3 heterocycles. The molecule has 0 spiro atoms. The van der Waals surface area contributed by atoms with Gasteiger partial charge in [-0.15, -0.1) is 0 Å². The van der Waals surface area contributed by atoms with Crippen LogP contribution in [0, 0.1) is 0 Å². The summed E-state index contributed by atoms with van der Waals surface area (Å²) in [5.41, 5.74) is 5.60. The normalized spacial score (nSPS) is 28.0. The molecule has 0 saturated heterocycles. The SMILES string of the molecule is [I-].c1ccc2c(c1)C[C@@H]1Oc3c4[n+](cn3[C@H]21)[C@@H]1c2ccccc2C[C@@H]1O4. The molecule has 2 aromatic carbocycles. The number of halogens is 1. The van der Waals surface area contributed by atoms with Crippen LogP contribution in [0.4, 0.5) is 0 Å². The minimum Gasteiger partial charge on any atom is -1.00 e. The lowest BCUT2D eigenvalue weighted by molar-refractivity contribution is -0.697. The van der Waals surface area contributed by atoms with Gasteiger partial charge >= 0.3 is 11.8 Å². The third kappa shape index (κ3) is 1.68. The first-order valence-corrected chi connectivity index (χ1v) is 9.03. The number of aromatic nitrogens is 2. The van der Waals surface area contributed by atoms with Gasteiger partial charge in [-0.1, -0.05) is 48.5 Å². The van der Waals surface area contributed by atoms with Crippen molar-refractivity contribution in [1.82, 2.24) is 4.57 Å². The van der Waals surface area contributed by atoms with Gasteiger partial charge in [-0.25, -0.2) is 0 Å². The maximum atomic E-state index is 6.37. The maximum absolute atomic E-state index is 6.37. The van der Waals surface area contributed by atoms with Crippen LogP contribution in [0.5, 0.6) is 11.8 Å². The van der Waals surface area contributed by atoms with Gasteiger partial charge in [-0.3, -0.25) is 0 Å². The molecule has 0 fully saturated rings. The average molecular weight is 456 g/mol. The minimum absolute atomic E-state index is 0. The van der Waals surface area contributed by atoms with Crippen LogP contribution in [-0.2, 0) is 12.8 Å². The molecule has 4 aliphatic rings. The number of ether oxygens (including phenoxy) is 2. The number of imidazole rings is 1. The molecule has 1 aromatic heterocycles. The fourth-order valence-electron chi connectivity index (χ4n) is 5.31. The second kappa shape index (κ2) is 5.03. The Hall–Kier alpha value is -2.02. The summed E-state index contributed by atoms with van der Waals surface area (Å²) in [5, 5.41) is 0. The molecular weight excluding hydrogens is 439 g/mol. The Balaban J connectivity index is 0.00000137. The highest BCUT2D eigenvalue weighted by Gasteiger charge is 2.55. The van der Waals surface area contributed by atoms with Gasteiger partial charge in [0.15, 0.2) is 24.3 Å². The molecule has 4 atom stereocenters. The number of fused-ring (bicyclic) bond motifs is 11. The van der Waals surface area contributed by atoms with Crippen molar-refractivity contribution in [3.63, 3.8) is 0 Å². The molecule has 0 bridgehead atoms. The van der Waals surface area contributed by atoms with Crippen molar-refractivity contribution < 1.29 is 38.0 Å². The number of nitrogens with zero attached hydrogens (tertiary/aromatic N) is 2. The number of benzene rings is 2. The molecular formula is C21H17IN2O2. The molecule has 7 rings (SSSR count). The van der Waals surface area contributed by atoms with Crippen LogP contribution in [-0.4, -0.2) is 16.8 Å². The smallest absolute Gasteiger partial charge is 0.373 e. The first-order chi connectivity index (χ1) is 12.4. The van der Waals surface area contributed by atoms with E-state index in [-0.39, 0.29) is 48.3 Å². The van der Waals surface area contributed by atoms with Crippen molar-refractivity contribution in [2.45, 2.75) is 37.1 Å². The summed E-state index contributed by atoms with van der Waals surface area (Å²) in [7, 11) is 0. The van der Waals surface area contributed by atoms with E-state index in [0.29, 0.717) is 0 Å². The summed E-state index contributed by atoms with van der Waals surface area (Å²) in [6.45, 7) is 0. The highest BCUT2D eigenvalue weighted by molar-refractivity contribution is 5.44. The fourth-order valence-corrected chi connectivity index (χ4v) is 5.31. The van der Waals surface area contributed by atoms with Crippen LogP contribution in [0.3, 0.4) is 0 Å². The van der Waals surface area contributed by atoms with Gasteiger partial charge in [-0.2, -0.15) is 9.13 Å². The molecule has 0 unspecified atom stereocenters. The lowest BCUT2D eigenvalue weighted by Gasteiger charge is -2.08. The van der Waals surface area contributed by atoms with Gasteiger partial charge < -0.3 is 33.5 Å². The van der Waals surface area contributed by atoms with Crippen molar-refractivity contribution in [2.75, 3.05) is 0 Å². The van der Waals surface area contributed by atoms with E-state index in [1.807, 2.05) is 0 Å². The van der Waals surface area contributed by atoms with E-state index in [2.05, 4.69) is 64.0 Å². The van der Waals surface area contributed by atoms with E-state index in [1.165, 1.54) is 22.3 Å². The second-order valence-corrected chi connectivity index (χ2v) is 7.55. The predicted octanol–water partition coefficient (Wildman–Crippen LogP) is -0.407. The first kappa shape index (κ1) is 15.1. The summed E-state index contributed by atoms with van der Waals surface area (Å²) in [6, 6.07) is 18.0. The summed E-state index contributed by atoms with van der Waals surface area (Å²) < 4.78 is 17.3. The zero-order valence-electron chi connectivity index (χ0n) is 14.0. The molecule has 2 aliphatic carbocycles. The van der Waals surface area contributed by atoms with Crippen LogP contribution >= 0.6 is 0 Å². The quantitative estimate of drug-likeness (QED) is 0.340. The molecule has 0 saturated carbocycles. The third-order valence-corrected chi connectivity index (χ3v) is 6.32. The maximum Gasteiger partial charge on any atom is 0.373 e. The Morgan fingerprint density at radius 1 is 0.846 bits per heavy atom. The second-order valence-electron chi connectivity index (χ2n) is 7.55. The van der Waals surface area contributed by atoms with Crippen LogP contribution in [0.25, 0.3) is 0 Å². The molecule has 26 heavy (non-hydrogen) atoms. The van der Waals surface area contributed by atoms with Crippen molar-refractivity contribution in [2.24, 2.45) is 0 Å². The number of rotatable bonds is 0. The van der Waals surface area contributed by atoms with Gasteiger partial charge in [0.25, 0.3) is 6.33 Å². The number of hydrogen-bond donors (Lipinski definition) is 0. The van der Waals surface area contributed by atoms with Gasteiger partial charge in [0.1, 0.15) is 0 Å². The zero-order chi connectivity index (χ0) is 16.1. The van der Waals surface area contributed by atoms with Crippen LogP contribution in [0.1, 0.15) is 34.3 Å². The van der Waals surface area contributed by atoms with Crippen molar-refractivity contribution in [3.05, 3.63) is 77.1 Å². The molecule has 4 nitrogen and oxygen atoms in total. The minimum atomic E-state index is 0. The van der Waals surface area contributed by atoms with Crippen LogP contribution in [0.15, 0.2) is 54.9 Å². The Morgan fingerprint density at radius 2 is 1.54 bits per heavy atom.